The SMILES string of the molecule is CC1CC(NC(=O)CC2CCCN2)CCN1C. The fourth-order valence-corrected chi connectivity index (χ4v) is 2.86. The topological polar surface area (TPSA) is 44.4 Å². The van der Waals surface area contributed by atoms with Crippen LogP contribution in [0.3, 0.4) is 0 Å². The molecule has 17 heavy (non-hydrogen) atoms. The summed E-state index contributed by atoms with van der Waals surface area (Å²) in [6.07, 6.45) is 5.19. The average Bonchev–Trinajstić information content (AvgIpc) is 2.76. The van der Waals surface area contributed by atoms with Crippen molar-refractivity contribution in [3.8, 4) is 0 Å². The number of likely N-dealkylation sites (tertiary alicyclic amines) is 1. The molecular weight excluding hydrogens is 214 g/mol. The van der Waals surface area contributed by atoms with Crippen molar-refractivity contribution < 1.29 is 4.79 Å². The van der Waals surface area contributed by atoms with E-state index in [1.54, 1.807) is 0 Å². The molecule has 4 heteroatoms. The standard InChI is InChI=1S/C13H25N3O/c1-10-8-12(5-7-16(10)2)15-13(17)9-11-4-3-6-14-11/h10-12,14H,3-9H2,1-2H3,(H,15,17). The number of nitrogens with zero attached hydrogens (tertiary/aromatic N) is 1. The second-order valence-electron chi connectivity index (χ2n) is 5.62. The van der Waals surface area contributed by atoms with Gasteiger partial charge in [0, 0.05) is 31.1 Å². The molecule has 4 nitrogen and oxygen atoms in total. The Morgan fingerprint density at radius 2 is 2.29 bits per heavy atom. The summed E-state index contributed by atoms with van der Waals surface area (Å²) in [5, 5.41) is 6.56. The van der Waals surface area contributed by atoms with Crippen LogP contribution in [0.2, 0.25) is 0 Å². The van der Waals surface area contributed by atoms with E-state index in [9.17, 15) is 4.79 Å². The van der Waals surface area contributed by atoms with Crippen molar-refractivity contribution in [2.24, 2.45) is 0 Å². The maximum atomic E-state index is 11.9. The van der Waals surface area contributed by atoms with Gasteiger partial charge in [-0.3, -0.25) is 4.79 Å². The van der Waals surface area contributed by atoms with Crippen molar-refractivity contribution in [1.29, 1.82) is 0 Å². The van der Waals surface area contributed by atoms with Crippen LogP contribution < -0.4 is 10.6 Å². The third kappa shape index (κ3) is 3.68. The summed E-state index contributed by atoms with van der Waals surface area (Å²) in [5.74, 6) is 0.228. The Balaban J connectivity index is 1.71. The van der Waals surface area contributed by atoms with Crippen LogP contribution in [-0.4, -0.2) is 49.1 Å². The lowest BCUT2D eigenvalue weighted by atomic mass is 9.98. The Hall–Kier alpha value is -0.610. The van der Waals surface area contributed by atoms with Crippen molar-refractivity contribution in [1.82, 2.24) is 15.5 Å². The molecule has 0 radical (unpaired) electrons. The zero-order valence-corrected chi connectivity index (χ0v) is 11.0. The van der Waals surface area contributed by atoms with E-state index >= 15 is 0 Å². The zero-order valence-electron chi connectivity index (χ0n) is 11.0. The molecule has 0 saturated carbocycles. The van der Waals surface area contributed by atoms with E-state index in [4.69, 9.17) is 0 Å². The van der Waals surface area contributed by atoms with Crippen molar-refractivity contribution in [2.75, 3.05) is 20.1 Å². The summed E-state index contributed by atoms with van der Waals surface area (Å²) < 4.78 is 0. The molecule has 0 aromatic rings. The maximum Gasteiger partial charge on any atom is 0.221 e. The van der Waals surface area contributed by atoms with E-state index in [-0.39, 0.29) is 5.91 Å². The molecule has 0 aromatic heterocycles. The number of nitrogens with one attached hydrogen (secondary N) is 2. The second kappa shape index (κ2) is 5.83. The Morgan fingerprint density at radius 1 is 1.47 bits per heavy atom. The summed E-state index contributed by atoms with van der Waals surface area (Å²) >= 11 is 0. The van der Waals surface area contributed by atoms with Gasteiger partial charge in [-0.05, 0) is 46.2 Å². The quantitative estimate of drug-likeness (QED) is 0.763. The zero-order chi connectivity index (χ0) is 12.3. The van der Waals surface area contributed by atoms with Gasteiger partial charge in [-0.2, -0.15) is 0 Å². The molecule has 3 atom stereocenters. The molecule has 2 heterocycles. The van der Waals surface area contributed by atoms with Crippen molar-refractivity contribution in [3.63, 3.8) is 0 Å². The first kappa shape index (κ1) is 12.8. The minimum atomic E-state index is 0.228. The van der Waals surface area contributed by atoms with E-state index < -0.39 is 0 Å². The van der Waals surface area contributed by atoms with Crippen LogP contribution in [-0.2, 0) is 4.79 Å². The van der Waals surface area contributed by atoms with E-state index in [0.29, 0.717) is 24.5 Å². The van der Waals surface area contributed by atoms with Gasteiger partial charge in [0.05, 0.1) is 0 Å². The molecule has 2 N–H and O–H groups in total. The molecule has 2 saturated heterocycles. The highest BCUT2D eigenvalue weighted by Crippen LogP contribution is 2.16. The molecule has 2 aliphatic rings. The van der Waals surface area contributed by atoms with Gasteiger partial charge in [0.1, 0.15) is 0 Å². The number of hydrogen-bond acceptors (Lipinski definition) is 3. The molecule has 2 rings (SSSR count). The van der Waals surface area contributed by atoms with Gasteiger partial charge >= 0.3 is 0 Å². The lowest BCUT2D eigenvalue weighted by molar-refractivity contribution is -0.122. The number of carbonyl (C=O) groups is 1. The Labute approximate surface area is 104 Å². The number of rotatable bonds is 3. The van der Waals surface area contributed by atoms with E-state index in [1.807, 2.05) is 0 Å². The van der Waals surface area contributed by atoms with Crippen LogP contribution in [0, 0.1) is 0 Å². The van der Waals surface area contributed by atoms with Crippen LogP contribution in [0.4, 0.5) is 0 Å². The molecule has 0 spiro atoms. The number of amides is 1. The highest BCUT2D eigenvalue weighted by molar-refractivity contribution is 5.76. The number of carbonyl (C=O) groups excluding carboxylic acids is 1. The predicted molar refractivity (Wildman–Crippen MR) is 68.9 cm³/mol. The molecule has 98 valence electrons. The molecule has 2 fully saturated rings. The number of piperidine rings is 1. The second-order valence-corrected chi connectivity index (χ2v) is 5.62. The molecular formula is C13H25N3O. The Bertz CT molecular complexity index is 263. The molecule has 3 unspecified atom stereocenters. The smallest absolute Gasteiger partial charge is 0.221 e. The summed E-state index contributed by atoms with van der Waals surface area (Å²) in [6, 6.07) is 1.38. The first-order chi connectivity index (χ1) is 8.15. The predicted octanol–water partition coefficient (Wildman–Crippen LogP) is 0.727. The average molecular weight is 239 g/mol. The highest BCUT2D eigenvalue weighted by Gasteiger charge is 2.25. The number of hydrogen-bond donors (Lipinski definition) is 2. The van der Waals surface area contributed by atoms with Crippen LogP contribution in [0.1, 0.15) is 39.0 Å². The van der Waals surface area contributed by atoms with Gasteiger partial charge in [-0.25, -0.2) is 0 Å². The fraction of sp³-hybridized carbons (Fsp3) is 0.923. The first-order valence-corrected chi connectivity index (χ1v) is 6.88. The third-order valence-electron chi connectivity index (χ3n) is 4.17. The van der Waals surface area contributed by atoms with Gasteiger partial charge in [0.25, 0.3) is 0 Å². The minimum absolute atomic E-state index is 0.228. The van der Waals surface area contributed by atoms with Crippen LogP contribution in [0.25, 0.3) is 0 Å². The third-order valence-corrected chi connectivity index (χ3v) is 4.17. The van der Waals surface area contributed by atoms with Crippen molar-refractivity contribution in [2.45, 2.75) is 57.2 Å². The van der Waals surface area contributed by atoms with Gasteiger partial charge in [-0.15, -0.1) is 0 Å². The van der Waals surface area contributed by atoms with Crippen molar-refractivity contribution >= 4 is 5.91 Å². The summed E-state index contributed by atoms with van der Waals surface area (Å²) in [5.41, 5.74) is 0. The summed E-state index contributed by atoms with van der Waals surface area (Å²) in [6.45, 7) is 4.40. The Kier molecular flexibility index (Phi) is 4.40. The van der Waals surface area contributed by atoms with Gasteiger partial charge < -0.3 is 15.5 Å². The van der Waals surface area contributed by atoms with Gasteiger partial charge in [-0.1, -0.05) is 0 Å². The highest BCUT2D eigenvalue weighted by atomic mass is 16.1. The summed E-state index contributed by atoms with van der Waals surface area (Å²) in [7, 11) is 2.16. The molecule has 1 amide bonds. The first-order valence-electron chi connectivity index (χ1n) is 6.88. The Morgan fingerprint density at radius 3 is 2.94 bits per heavy atom. The van der Waals surface area contributed by atoms with Crippen LogP contribution in [0.5, 0.6) is 0 Å². The maximum absolute atomic E-state index is 11.9. The molecule has 0 aromatic carbocycles. The van der Waals surface area contributed by atoms with Crippen LogP contribution in [0.15, 0.2) is 0 Å². The lowest BCUT2D eigenvalue weighted by Gasteiger charge is -2.35. The monoisotopic (exact) mass is 239 g/mol. The fourth-order valence-electron chi connectivity index (χ4n) is 2.86. The van der Waals surface area contributed by atoms with E-state index in [2.05, 4.69) is 29.5 Å². The molecule has 0 bridgehead atoms. The largest absolute Gasteiger partial charge is 0.353 e. The van der Waals surface area contributed by atoms with E-state index in [0.717, 1.165) is 32.4 Å². The van der Waals surface area contributed by atoms with Crippen molar-refractivity contribution in [3.05, 3.63) is 0 Å². The van der Waals surface area contributed by atoms with Crippen LogP contribution >= 0.6 is 0 Å². The minimum Gasteiger partial charge on any atom is -0.353 e. The van der Waals surface area contributed by atoms with Gasteiger partial charge in [0.2, 0.25) is 5.91 Å². The normalized spacial score (nSPS) is 34.8. The molecule has 2 aliphatic heterocycles. The van der Waals surface area contributed by atoms with Gasteiger partial charge in [0.15, 0.2) is 0 Å². The summed E-state index contributed by atoms with van der Waals surface area (Å²) in [4.78, 5) is 14.3. The van der Waals surface area contributed by atoms with E-state index in [1.165, 1.54) is 6.42 Å². The molecule has 0 aliphatic carbocycles. The lowest BCUT2D eigenvalue weighted by Crippen LogP contribution is -2.48.